The van der Waals surface area contributed by atoms with Crippen LogP contribution in [0, 0.1) is 0 Å². The Bertz CT molecular complexity index is 851. The standard InChI is InChI=1S/C16H17BrN2O5S2/c1-11(12-4-6-13(17)7-5-12)19-14(20)10-24-15(21)9-18-26(22,23)16-3-2-8-25-16/h2-8,11,18H,9-10H2,1H3,(H,19,20). The SMILES string of the molecule is CC(NC(=O)COC(=O)CNS(=O)(=O)c1cccs1)c1ccc(Br)cc1. The molecule has 0 aliphatic rings. The van der Waals surface area contributed by atoms with Gasteiger partial charge in [-0.1, -0.05) is 34.1 Å². The topological polar surface area (TPSA) is 102 Å². The third-order valence-corrected chi connectivity index (χ3v) is 6.61. The maximum atomic E-state index is 11.9. The second kappa shape index (κ2) is 9.26. The number of sulfonamides is 1. The summed E-state index contributed by atoms with van der Waals surface area (Å²) in [6.07, 6.45) is 0. The molecule has 1 aromatic carbocycles. The predicted octanol–water partition coefficient (Wildman–Crippen LogP) is 2.21. The molecule has 0 saturated carbocycles. The highest BCUT2D eigenvalue weighted by molar-refractivity contribution is 9.10. The van der Waals surface area contributed by atoms with Crippen molar-refractivity contribution in [2.24, 2.45) is 0 Å². The van der Waals surface area contributed by atoms with Crippen LogP contribution in [-0.2, 0) is 24.3 Å². The molecule has 2 rings (SSSR count). The monoisotopic (exact) mass is 460 g/mol. The number of halogens is 1. The molecule has 1 aromatic heterocycles. The number of ether oxygens (including phenoxy) is 1. The van der Waals surface area contributed by atoms with Crippen LogP contribution in [0.4, 0.5) is 0 Å². The number of hydrogen-bond acceptors (Lipinski definition) is 6. The fourth-order valence-electron chi connectivity index (χ4n) is 1.96. The number of thiophene rings is 1. The quantitative estimate of drug-likeness (QED) is 0.587. The van der Waals surface area contributed by atoms with Gasteiger partial charge in [0.1, 0.15) is 10.8 Å². The predicted molar refractivity (Wildman–Crippen MR) is 101 cm³/mol. The first kappa shape index (κ1) is 20.6. The molecule has 26 heavy (non-hydrogen) atoms. The summed E-state index contributed by atoms with van der Waals surface area (Å²) in [6, 6.07) is 10.2. The summed E-state index contributed by atoms with van der Waals surface area (Å²) in [5, 5.41) is 4.31. The molecule has 0 aliphatic carbocycles. The lowest BCUT2D eigenvalue weighted by atomic mass is 10.1. The van der Waals surface area contributed by atoms with Crippen molar-refractivity contribution in [1.82, 2.24) is 10.0 Å². The minimum atomic E-state index is -3.75. The van der Waals surface area contributed by atoms with Gasteiger partial charge < -0.3 is 10.1 Å². The van der Waals surface area contributed by atoms with Crippen LogP contribution in [0.3, 0.4) is 0 Å². The molecular formula is C16H17BrN2O5S2. The van der Waals surface area contributed by atoms with Crippen molar-refractivity contribution in [3.63, 3.8) is 0 Å². The summed E-state index contributed by atoms with van der Waals surface area (Å²) in [6.45, 7) is 0.772. The van der Waals surface area contributed by atoms with E-state index in [1.165, 1.54) is 6.07 Å². The molecular weight excluding hydrogens is 444 g/mol. The Kier molecular flexibility index (Phi) is 7.33. The van der Waals surface area contributed by atoms with Crippen molar-refractivity contribution in [2.45, 2.75) is 17.2 Å². The van der Waals surface area contributed by atoms with Gasteiger partial charge in [0, 0.05) is 4.47 Å². The van der Waals surface area contributed by atoms with Crippen LogP contribution in [0.25, 0.3) is 0 Å². The van der Waals surface area contributed by atoms with Gasteiger partial charge in [-0.2, -0.15) is 4.72 Å². The Morgan fingerprint density at radius 2 is 1.92 bits per heavy atom. The van der Waals surface area contributed by atoms with Crippen molar-refractivity contribution < 1.29 is 22.7 Å². The molecule has 140 valence electrons. The molecule has 1 unspecified atom stereocenters. The highest BCUT2D eigenvalue weighted by atomic mass is 79.9. The van der Waals surface area contributed by atoms with Gasteiger partial charge in [0.25, 0.3) is 15.9 Å². The highest BCUT2D eigenvalue weighted by Gasteiger charge is 2.18. The molecule has 10 heteroatoms. The van der Waals surface area contributed by atoms with Gasteiger partial charge in [-0.3, -0.25) is 9.59 Å². The van der Waals surface area contributed by atoms with E-state index in [1.54, 1.807) is 18.4 Å². The summed E-state index contributed by atoms with van der Waals surface area (Å²) >= 11 is 4.37. The van der Waals surface area contributed by atoms with E-state index in [0.29, 0.717) is 0 Å². The van der Waals surface area contributed by atoms with E-state index < -0.39 is 35.1 Å². The summed E-state index contributed by atoms with van der Waals surface area (Å²) in [5.74, 6) is -1.31. The third-order valence-electron chi connectivity index (χ3n) is 3.28. The lowest BCUT2D eigenvalue weighted by molar-refractivity contribution is -0.147. The van der Waals surface area contributed by atoms with E-state index in [0.717, 1.165) is 21.4 Å². The highest BCUT2D eigenvalue weighted by Crippen LogP contribution is 2.16. The number of benzene rings is 1. The van der Waals surface area contributed by atoms with Gasteiger partial charge >= 0.3 is 5.97 Å². The molecule has 1 atom stereocenters. The van der Waals surface area contributed by atoms with Crippen LogP contribution in [0.15, 0.2) is 50.5 Å². The maximum absolute atomic E-state index is 11.9. The van der Waals surface area contributed by atoms with Crippen LogP contribution in [0.1, 0.15) is 18.5 Å². The van der Waals surface area contributed by atoms with Crippen molar-refractivity contribution in [3.05, 3.63) is 51.8 Å². The number of rotatable bonds is 8. The van der Waals surface area contributed by atoms with E-state index in [-0.39, 0.29) is 10.3 Å². The first-order valence-electron chi connectivity index (χ1n) is 7.51. The zero-order valence-electron chi connectivity index (χ0n) is 13.8. The van der Waals surface area contributed by atoms with Gasteiger partial charge in [-0.15, -0.1) is 11.3 Å². The number of carbonyl (C=O) groups is 2. The molecule has 0 fully saturated rings. The Balaban J connectivity index is 1.74. The molecule has 0 bridgehead atoms. The Hall–Kier alpha value is -1.75. The second-order valence-electron chi connectivity index (χ2n) is 5.26. The van der Waals surface area contributed by atoms with Gasteiger partial charge in [0.15, 0.2) is 6.61 Å². The fourth-order valence-corrected chi connectivity index (χ4v) is 4.23. The number of hydrogen-bond donors (Lipinski definition) is 2. The average molecular weight is 461 g/mol. The van der Waals surface area contributed by atoms with E-state index in [2.05, 4.69) is 26.0 Å². The van der Waals surface area contributed by atoms with Crippen molar-refractivity contribution in [1.29, 1.82) is 0 Å². The molecule has 2 N–H and O–H groups in total. The minimum Gasteiger partial charge on any atom is -0.455 e. The third kappa shape index (κ3) is 6.20. The zero-order chi connectivity index (χ0) is 19.2. The first-order chi connectivity index (χ1) is 12.3. The molecule has 0 radical (unpaired) electrons. The Morgan fingerprint density at radius 3 is 2.54 bits per heavy atom. The maximum Gasteiger partial charge on any atom is 0.321 e. The number of nitrogens with one attached hydrogen (secondary N) is 2. The normalized spacial score (nSPS) is 12.4. The molecule has 1 amide bonds. The van der Waals surface area contributed by atoms with Gasteiger partial charge in [0.2, 0.25) is 0 Å². The van der Waals surface area contributed by atoms with Crippen LogP contribution >= 0.6 is 27.3 Å². The number of amides is 1. The van der Waals surface area contributed by atoms with Crippen molar-refractivity contribution in [3.8, 4) is 0 Å². The lowest BCUT2D eigenvalue weighted by Gasteiger charge is -2.14. The number of esters is 1. The zero-order valence-corrected chi connectivity index (χ0v) is 17.0. The fraction of sp³-hybridized carbons (Fsp3) is 0.250. The lowest BCUT2D eigenvalue weighted by Crippen LogP contribution is -2.34. The molecule has 0 aliphatic heterocycles. The largest absolute Gasteiger partial charge is 0.455 e. The van der Waals surface area contributed by atoms with E-state index >= 15 is 0 Å². The molecule has 0 spiro atoms. The van der Waals surface area contributed by atoms with Crippen LogP contribution in [0.5, 0.6) is 0 Å². The van der Waals surface area contributed by atoms with E-state index in [1.807, 2.05) is 24.3 Å². The summed E-state index contributed by atoms with van der Waals surface area (Å²) in [5.41, 5.74) is 0.900. The molecule has 1 heterocycles. The Labute approximate surface area is 163 Å². The minimum absolute atomic E-state index is 0.103. The summed E-state index contributed by atoms with van der Waals surface area (Å²) in [4.78, 5) is 23.5. The van der Waals surface area contributed by atoms with E-state index in [9.17, 15) is 18.0 Å². The van der Waals surface area contributed by atoms with Crippen LogP contribution in [-0.4, -0.2) is 33.4 Å². The van der Waals surface area contributed by atoms with Gasteiger partial charge in [0.05, 0.1) is 6.04 Å². The average Bonchev–Trinajstić information content (AvgIpc) is 3.14. The van der Waals surface area contributed by atoms with Crippen LogP contribution in [0.2, 0.25) is 0 Å². The van der Waals surface area contributed by atoms with Gasteiger partial charge in [-0.25, -0.2) is 8.42 Å². The van der Waals surface area contributed by atoms with Crippen molar-refractivity contribution in [2.75, 3.05) is 13.2 Å². The molecule has 7 nitrogen and oxygen atoms in total. The van der Waals surface area contributed by atoms with E-state index in [4.69, 9.17) is 4.74 Å². The summed E-state index contributed by atoms with van der Waals surface area (Å²) in [7, 11) is -3.75. The molecule has 0 saturated heterocycles. The number of carbonyl (C=O) groups excluding carboxylic acids is 2. The Morgan fingerprint density at radius 1 is 1.23 bits per heavy atom. The van der Waals surface area contributed by atoms with Crippen LogP contribution < -0.4 is 10.0 Å². The smallest absolute Gasteiger partial charge is 0.321 e. The summed E-state index contributed by atoms with van der Waals surface area (Å²) < 4.78 is 31.7. The first-order valence-corrected chi connectivity index (χ1v) is 10.7. The van der Waals surface area contributed by atoms with Crippen molar-refractivity contribution >= 4 is 49.2 Å². The second-order valence-corrected chi connectivity index (χ2v) is 9.12. The molecule has 2 aromatic rings. The van der Waals surface area contributed by atoms with Gasteiger partial charge in [-0.05, 0) is 36.1 Å².